The molecule has 9 nitrogen and oxygen atoms in total. The van der Waals surface area contributed by atoms with E-state index >= 15 is 0 Å². The van der Waals surface area contributed by atoms with E-state index in [2.05, 4.69) is 27.3 Å². The minimum Gasteiger partial charge on any atom is -0.548 e. The van der Waals surface area contributed by atoms with Crippen LogP contribution in [0.2, 0.25) is 0 Å². The van der Waals surface area contributed by atoms with E-state index in [9.17, 15) is 19.5 Å². The maximum Gasteiger partial charge on any atom is 0.407 e. The molecule has 0 heterocycles. The highest BCUT2D eigenvalue weighted by atomic mass is 16.6. The Kier molecular flexibility index (Phi) is 14.3. The second kappa shape index (κ2) is 16.4. The zero-order valence-corrected chi connectivity index (χ0v) is 21.2. The molecular formula is C25H45N3O6. The van der Waals surface area contributed by atoms with Crippen molar-refractivity contribution >= 4 is 18.2 Å². The molecule has 2 fully saturated rings. The lowest BCUT2D eigenvalue weighted by molar-refractivity contribution is -0.725. The Bertz CT molecular complexity index is 607. The second-order valence-electron chi connectivity index (χ2n) is 10.1. The summed E-state index contributed by atoms with van der Waals surface area (Å²) < 4.78 is 9.57. The van der Waals surface area contributed by atoms with Crippen LogP contribution in [0.25, 0.3) is 0 Å². The van der Waals surface area contributed by atoms with Crippen LogP contribution in [0.3, 0.4) is 0 Å². The van der Waals surface area contributed by atoms with Crippen LogP contribution in [0, 0.1) is 0 Å². The quantitative estimate of drug-likeness (QED) is 0.430. The maximum atomic E-state index is 11.4. The number of quaternary nitrogens is 1. The first-order valence-corrected chi connectivity index (χ1v) is 12.7. The Morgan fingerprint density at radius 2 is 1.53 bits per heavy atom. The van der Waals surface area contributed by atoms with Gasteiger partial charge in [-0.1, -0.05) is 25.5 Å². The largest absolute Gasteiger partial charge is 0.548 e. The summed E-state index contributed by atoms with van der Waals surface area (Å²) >= 11 is 0. The van der Waals surface area contributed by atoms with E-state index in [0.717, 1.165) is 12.1 Å². The second-order valence-corrected chi connectivity index (χ2v) is 10.1. The Hall–Kier alpha value is -2.29. The van der Waals surface area contributed by atoms with Crippen LogP contribution in [-0.2, 0) is 14.3 Å². The van der Waals surface area contributed by atoms with Crippen LogP contribution in [0.15, 0.2) is 12.7 Å². The Labute approximate surface area is 204 Å². The molecular weight excluding hydrogens is 438 g/mol. The number of hydrogen-bond acceptors (Lipinski definition) is 6. The number of amides is 2. The lowest BCUT2D eigenvalue weighted by atomic mass is 9.91. The van der Waals surface area contributed by atoms with E-state index in [1.165, 1.54) is 70.3 Å². The molecule has 4 N–H and O–H groups in total. The molecule has 0 aromatic heterocycles. The first-order valence-electron chi connectivity index (χ1n) is 12.7. The number of rotatable bonds is 9. The van der Waals surface area contributed by atoms with Crippen LogP contribution in [0.1, 0.15) is 91.4 Å². The molecule has 0 saturated heterocycles. The van der Waals surface area contributed by atoms with Crippen molar-refractivity contribution in [2.75, 3.05) is 13.2 Å². The predicted octanol–water partition coefficient (Wildman–Crippen LogP) is 2.15. The van der Waals surface area contributed by atoms with E-state index in [-0.39, 0.29) is 19.6 Å². The first kappa shape index (κ1) is 29.7. The van der Waals surface area contributed by atoms with Crippen LogP contribution in [-0.4, -0.2) is 55.0 Å². The normalized spacial score (nSPS) is 18.0. The van der Waals surface area contributed by atoms with Crippen molar-refractivity contribution in [3.8, 4) is 0 Å². The summed E-state index contributed by atoms with van der Waals surface area (Å²) in [7, 11) is 0. The highest BCUT2D eigenvalue weighted by Crippen LogP contribution is 2.18. The van der Waals surface area contributed by atoms with Crippen molar-refractivity contribution in [2.45, 2.75) is 115 Å². The fraction of sp³-hybridized carbons (Fsp3) is 0.800. The summed E-state index contributed by atoms with van der Waals surface area (Å²) in [5, 5.41) is 18.1. The third kappa shape index (κ3) is 14.8. The third-order valence-electron chi connectivity index (χ3n) is 5.85. The van der Waals surface area contributed by atoms with Crippen molar-refractivity contribution in [1.82, 2.24) is 10.6 Å². The third-order valence-corrected chi connectivity index (χ3v) is 5.85. The minimum atomic E-state index is -1.48. The average molecular weight is 484 g/mol. The number of alkyl carbamates (subject to hydrolysis) is 2. The topological polar surface area (TPSA) is 133 Å². The Morgan fingerprint density at radius 3 is 1.97 bits per heavy atom. The molecule has 2 rings (SSSR count). The van der Waals surface area contributed by atoms with E-state index in [4.69, 9.17) is 4.74 Å². The maximum absolute atomic E-state index is 11.4. The number of carbonyl (C=O) groups excluding carboxylic acids is 3. The molecule has 0 aromatic rings. The highest BCUT2D eigenvalue weighted by molar-refractivity contribution is 5.78. The molecule has 196 valence electrons. The van der Waals surface area contributed by atoms with Gasteiger partial charge in [0.05, 0.1) is 24.1 Å². The fourth-order valence-corrected chi connectivity index (χ4v) is 4.24. The first-order chi connectivity index (χ1) is 16.1. The van der Waals surface area contributed by atoms with Gasteiger partial charge >= 0.3 is 12.2 Å². The lowest BCUT2D eigenvalue weighted by Crippen LogP contribution is -2.95. The van der Waals surface area contributed by atoms with E-state index in [1.807, 2.05) is 0 Å². The molecule has 1 atom stereocenters. The van der Waals surface area contributed by atoms with Crippen LogP contribution in [0.4, 0.5) is 9.59 Å². The van der Waals surface area contributed by atoms with Crippen LogP contribution in [0.5, 0.6) is 0 Å². The highest BCUT2D eigenvalue weighted by Gasteiger charge is 2.23. The fourth-order valence-electron chi connectivity index (χ4n) is 4.24. The predicted molar refractivity (Wildman–Crippen MR) is 128 cm³/mol. The summed E-state index contributed by atoms with van der Waals surface area (Å²) in [6, 6.07) is 0.714. The zero-order valence-electron chi connectivity index (χ0n) is 21.2. The van der Waals surface area contributed by atoms with Crippen molar-refractivity contribution in [2.24, 2.45) is 0 Å². The summed E-state index contributed by atoms with van der Waals surface area (Å²) in [6.07, 6.45) is 14.7. The van der Waals surface area contributed by atoms with Gasteiger partial charge < -0.3 is 35.3 Å². The minimum absolute atomic E-state index is 0.00466. The van der Waals surface area contributed by atoms with E-state index in [1.54, 1.807) is 20.8 Å². The molecule has 0 radical (unpaired) electrons. The summed E-state index contributed by atoms with van der Waals surface area (Å²) in [4.78, 5) is 33.4. The van der Waals surface area contributed by atoms with Gasteiger partial charge in [-0.25, -0.2) is 9.59 Å². The molecule has 1 unspecified atom stereocenters. The van der Waals surface area contributed by atoms with Crippen molar-refractivity contribution < 1.29 is 34.3 Å². The monoisotopic (exact) mass is 483 g/mol. The van der Waals surface area contributed by atoms with Gasteiger partial charge in [-0.15, -0.1) is 0 Å². The zero-order chi connectivity index (χ0) is 25.4. The SMILES string of the molecule is C1CCC([NH2+]C2CCCCC2)CC1.C=CCOC(=O)NC(CCNC(=O)OC(C)(C)C)C(=O)[O-]. The molecule has 0 aliphatic heterocycles. The van der Waals surface area contributed by atoms with Gasteiger partial charge in [-0.05, 0) is 78.6 Å². The number of hydrogen-bond donors (Lipinski definition) is 3. The van der Waals surface area contributed by atoms with Gasteiger partial charge in [-0.2, -0.15) is 0 Å². The molecule has 0 spiro atoms. The smallest absolute Gasteiger partial charge is 0.407 e. The van der Waals surface area contributed by atoms with Gasteiger partial charge in [0.1, 0.15) is 12.2 Å². The molecule has 2 saturated carbocycles. The Balaban J connectivity index is 0.000000375. The summed E-state index contributed by atoms with van der Waals surface area (Å²) in [5.41, 5.74) is -0.648. The summed E-state index contributed by atoms with van der Waals surface area (Å²) in [6.45, 7) is 8.41. The molecule has 9 heteroatoms. The number of carbonyl (C=O) groups is 3. The van der Waals surface area contributed by atoms with Crippen LogP contribution >= 0.6 is 0 Å². The molecule has 2 aliphatic carbocycles. The van der Waals surface area contributed by atoms with Crippen molar-refractivity contribution in [3.63, 3.8) is 0 Å². The number of carboxylic acids is 1. The molecule has 0 aromatic carbocycles. The Morgan fingerprint density at radius 1 is 1.00 bits per heavy atom. The van der Waals surface area contributed by atoms with Gasteiger partial charge in [0, 0.05) is 6.54 Å². The van der Waals surface area contributed by atoms with Gasteiger partial charge in [-0.3, -0.25) is 0 Å². The van der Waals surface area contributed by atoms with E-state index in [0.29, 0.717) is 0 Å². The van der Waals surface area contributed by atoms with Crippen molar-refractivity contribution in [3.05, 3.63) is 12.7 Å². The lowest BCUT2D eigenvalue weighted by Gasteiger charge is -2.27. The van der Waals surface area contributed by atoms with E-state index < -0.39 is 29.8 Å². The number of aliphatic carboxylic acids is 1. The van der Waals surface area contributed by atoms with Gasteiger partial charge in [0.15, 0.2) is 0 Å². The number of carboxylic acid groups (broad SMARTS) is 1. The number of nitrogens with two attached hydrogens (primary N) is 1. The molecule has 0 bridgehead atoms. The number of ether oxygens (including phenoxy) is 2. The average Bonchev–Trinajstić information content (AvgIpc) is 2.77. The number of nitrogens with one attached hydrogen (secondary N) is 2. The van der Waals surface area contributed by atoms with Gasteiger partial charge in [0.25, 0.3) is 0 Å². The standard InChI is InChI=1S/C13H22N2O6.C12H23N/c1-5-8-20-12(19)15-9(10(16)17)6-7-14-11(18)21-13(2,3)4;1-3-7-11(8-4-1)13-12-9-5-2-6-10-12/h5,9H,1,6-8H2,2-4H3,(H,14,18)(H,15,19)(H,16,17);11-13H,1-10H2. The van der Waals surface area contributed by atoms with Crippen molar-refractivity contribution in [1.29, 1.82) is 0 Å². The molecule has 34 heavy (non-hydrogen) atoms. The molecule has 2 amide bonds. The van der Waals surface area contributed by atoms with Gasteiger partial charge in [0.2, 0.25) is 0 Å². The van der Waals surface area contributed by atoms with Crippen LogP contribution < -0.4 is 21.1 Å². The molecule has 2 aliphatic rings. The summed E-state index contributed by atoms with van der Waals surface area (Å²) in [5.74, 6) is -1.48.